The lowest BCUT2D eigenvalue weighted by Gasteiger charge is -2.36. The average Bonchev–Trinajstić information content (AvgIpc) is 3.41. The molecule has 2 saturated heterocycles. The number of rotatable bonds is 8. The van der Waals surface area contributed by atoms with Crippen molar-refractivity contribution in [3.8, 4) is 0 Å². The molecule has 45 heavy (non-hydrogen) atoms. The van der Waals surface area contributed by atoms with E-state index in [-0.39, 0.29) is 30.9 Å². The zero-order valence-electron chi connectivity index (χ0n) is 25.7. The lowest BCUT2D eigenvalue weighted by atomic mass is 9.84. The molecule has 3 aliphatic heterocycles. The molecule has 0 saturated carbocycles. The Kier molecular flexibility index (Phi) is 8.97. The Morgan fingerprint density at radius 1 is 1.07 bits per heavy atom. The molecule has 1 amide bonds. The van der Waals surface area contributed by atoms with Gasteiger partial charge in [0.15, 0.2) is 5.82 Å². The third-order valence-electron chi connectivity index (χ3n) is 8.92. The molecule has 6 rings (SSSR count). The molecule has 1 aromatic heterocycles. The number of nitrogens with one attached hydrogen (secondary N) is 3. The first-order valence-electron chi connectivity index (χ1n) is 15.5. The first-order chi connectivity index (χ1) is 21.5. The maximum absolute atomic E-state index is 14.0. The number of anilines is 2. The highest BCUT2D eigenvalue weighted by Crippen LogP contribution is 2.38. The van der Waals surface area contributed by atoms with Gasteiger partial charge in [0, 0.05) is 67.3 Å². The lowest BCUT2D eigenvalue weighted by molar-refractivity contribution is 0.0904. The fourth-order valence-corrected chi connectivity index (χ4v) is 8.16. The number of piperidine rings is 1. The molecular formula is C32H40F2N6O4S. The van der Waals surface area contributed by atoms with Gasteiger partial charge in [-0.2, -0.15) is 9.40 Å². The minimum absolute atomic E-state index is 0.0493. The van der Waals surface area contributed by atoms with E-state index in [1.807, 2.05) is 26.0 Å². The van der Waals surface area contributed by atoms with Crippen molar-refractivity contribution >= 4 is 27.4 Å². The number of carbonyl (C=O) groups excluding carboxylic acids is 1. The number of halogens is 2. The summed E-state index contributed by atoms with van der Waals surface area (Å²) in [5.74, 6) is -2.13. The zero-order valence-corrected chi connectivity index (χ0v) is 26.5. The number of aromatic nitrogens is 2. The fourth-order valence-electron chi connectivity index (χ4n) is 6.55. The number of H-pyrrole nitrogens is 1. The number of sulfonamides is 1. The van der Waals surface area contributed by atoms with Gasteiger partial charge in [0.2, 0.25) is 10.0 Å². The monoisotopic (exact) mass is 642 g/mol. The molecule has 242 valence electrons. The molecule has 3 aliphatic rings. The van der Waals surface area contributed by atoms with Crippen LogP contribution < -0.4 is 10.6 Å². The number of ether oxygens (including phenoxy) is 1. The molecule has 0 bridgehead atoms. The number of likely N-dealkylation sites (tertiary alicyclic amines) is 1. The van der Waals surface area contributed by atoms with E-state index in [0.717, 1.165) is 55.9 Å². The van der Waals surface area contributed by atoms with Gasteiger partial charge in [-0.15, -0.1) is 0 Å². The number of benzene rings is 2. The summed E-state index contributed by atoms with van der Waals surface area (Å²) in [5.41, 5.74) is 2.77. The molecule has 13 heteroatoms. The van der Waals surface area contributed by atoms with Crippen molar-refractivity contribution in [3.63, 3.8) is 0 Å². The summed E-state index contributed by atoms with van der Waals surface area (Å²) >= 11 is 0. The van der Waals surface area contributed by atoms with E-state index in [1.54, 1.807) is 0 Å². The van der Waals surface area contributed by atoms with Gasteiger partial charge in [0.05, 0.1) is 10.5 Å². The van der Waals surface area contributed by atoms with E-state index < -0.39 is 32.0 Å². The minimum Gasteiger partial charge on any atom is -0.381 e. The van der Waals surface area contributed by atoms with Gasteiger partial charge >= 0.3 is 0 Å². The van der Waals surface area contributed by atoms with Gasteiger partial charge in [-0.25, -0.2) is 17.2 Å². The highest BCUT2D eigenvalue weighted by molar-refractivity contribution is 7.89. The number of aromatic amines is 1. The van der Waals surface area contributed by atoms with Crippen LogP contribution in [0.1, 0.15) is 73.1 Å². The van der Waals surface area contributed by atoms with Crippen LogP contribution in [0.25, 0.3) is 0 Å². The number of amides is 1. The summed E-state index contributed by atoms with van der Waals surface area (Å²) in [6.07, 6.45) is 5.30. The average molecular weight is 643 g/mol. The Balaban J connectivity index is 1.27. The fraction of sp³-hybridized carbons (Fsp3) is 0.500. The summed E-state index contributed by atoms with van der Waals surface area (Å²) in [6, 6.07) is 8.27. The van der Waals surface area contributed by atoms with Crippen LogP contribution in [0.15, 0.2) is 41.3 Å². The number of carbonyl (C=O) groups is 1. The predicted octanol–water partition coefficient (Wildman–Crippen LogP) is 5.00. The van der Waals surface area contributed by atoms with Crippen LogP contribution >= 0.6 is 0 Å². The van der Waals surface area contributed by atoms with Crippen LogP contribution in [0.4, 0.5) is 20.3 Å². The number of hydrogen-bond acceptors (Lipinski definition) is 7. The van der Waals surface area contributed by atoms with Gasteiger partial charge in [-0.3, -0.25) is 14.8 Å². The van der Waals surface area contributed by atoms with E-state index in [0.29, 0.717) is 36.1 Å². The first kappa shape index (κ1) is 31.6. The van der Waals surface area contributed by atoms with Crippen molar-refractivity contribution in [1.29, 1.82) is 0 Å². The number of nitrogens with zero attached hydrogens (tertiary/aromatic N) is 3. The molecule has 0 radical (unpaired) electrons. The topological polar surface area (TPSA) is 120 Å². The van der Waals surface area contributed by atoms with Gasteiger partial charge in [0.25, 0.3) is 5.91 Å². The van der Waals surface area contributed by atoms with E-state index in [4.69, 9.17) is 4.74 Å². The van der Waals surface area contributed by atoms with Gasteiger partial charge in [-0.05, 0) is 68.6 Å². The maximum atomic E-state index is 14.0. The highest BCUT2D eigenvalue weighted by atomic mass is 32.2. The van der Waals surface area contributed by atoms with E-state index in [9.17, 15) is 22.0 Å². The van der Waals surface area contributed by atoms with Crippen molar-refractivity contribution < 1.29 is 26.7 Å². The summed E-state index contributed by atoms with van der Waals surface area (Å²) < 4.78 is 61.7. The van der Waals surface area contributed by atoms with Crippen LogP contribution in [-0.4, -0.2) is 72.6 Å². The summed E-state index contributed by atoms with van der Waals surface area (Å²) in [7, 11) is -4.26. The van der Waals surface area contributed by atoms with Crippen LogP contribution in [-0.2, 0) is 33.3 Å². The summed E-state index contributed by atoms with van der Waals surface area (Å²) in [6.45, 7) is 7.86. The molecule has 2 fully saturated rings. The Labute approximate surface area is 262 Å². The third-order valence-corrected chi connectivity index (χ3v) is 10.7. The number of fused-ring (bicyclic) bond motifs is 1. The second-order valence-electron chi connectivity index (χ2n) is 12.9. The first-order valence-corrected chi connectivity index (χ1v) is 17.0. The largest absolute Gasteiger partial charge is 0.381 e. The van der Waals surface area contributed by atoms with E-state index in [1.165, 1.54) is 23.6 Å². The Morgan fingerprint density at radius 3 is 2.49 bits per heavy atom. The summed E-state index contributed by atoms with van der Waals surface area (Å²) in [5, 5.41) is 13.9. The zero-order chi connectivity index (χ0) is 31.8. The molecule has 4 heterocycles. The third kappa shape index (κ3) is 6.91. The van der Waals surface area contributed by atoms with Crippen molar-refractivity contribution in [3.05, 3.63) is 70.4 Å². The van der Waals surface area contributed by atoms with Crippen molar-refractivity contribution in [2.24, 2.45) is 0 Å². The van der Waals surface area contributed by atoms with Crippen molar-refractivity contribution in [2.75, 3.05) is 43.5 Å². The maximum Gasteiger partial charge on any atom is 0.258 e. The molecule has 0 spiro atoms. The molecule has 3 aromatic rings. The second kappa shape index (κ2) is 12.8. The quantitative estimate of drug-likeness (QED) is 0.317. The molecule has 3 N–H and O–H groups in total. The van der Waals surface area contributed by atoms with Gasteiger partial charge in [-0.1, -0.05) is 26.3 Å². The second-order valence-corrected chi connectivity index (χ2v) is 14.8. The van der Waals surface area contributed by atoms with Gasteiger partial charge < -0.3 is 15.4 Å². The molecule has 10 nitrogen and oxygen atoms in total. The standard InChI is InChI=1S/C32H40F2N6O4S/c1-32(2)20-40(45(42,43)25-16-22(33)15-23(34)17-25)19-27-29(32)37-38-30(27)36-31(41)26-7-6-21(18-39-10-4-3-5-11-39)14-28(26)35-24-8-12-44-13-9-24/h6-7,14-17,24,35H,3-5,8-13,18-20H2,1-2H3,(H2,36,37,38,41). The molecule has 0 unspecified atom stereocenters. The number of hydrogen-bond donors (Lipinski definition) is 3. The Hall–Kier alpha value is -3.39. The predicted molar refractivity (Wildman–Crippen MR) is 167 cm³/mol. The SMILES string of the molecule is CC1(C)CN(S(=O)(=O)c2cc(F)cc(F)c2)Cc2c(NC(=O)c3ccc(CN4CCCCC4)cc3NC3CCOCC3)n[nH]c21. The normalized spacial score (nSPS) is 19.6. The van der Waals surface area contributed by atoms with E-state index >= 15 is 0 Å². The van der Waals surface area contributed by atoms with Crippen LogP contribution in [0.5, 0.6) is 0 Å². The molecular weight excluding hydrogens is 602 g/mol. The van der Waals surface area contributed by atoms with Crippen LogP contribution in [0.3, 0.4) is 0 Å². The minimum atomic E-state index is -4.26. The Bertz CT molecular complexity index is 1650. The van der Waals surface area contributed by atoms with Crippen LogP contribution in [0, 0.1) is 11.6 Å². The Morgan fingerprint density at radius 2 is 1.78 bits per heavy atom. The molecule has 0 aliphatic carbocycles. The lowest BCUT2D eigenvalue weighted by Crippen LogP contribution is -2.45. The van der Waals surface area contributed by atoms with Crippen molar-refractivity contribution in [1.82, 2.24) is 19.4 Å². The van der Waals surface area contributed by atoms with Gasteiger partial charge in [0.1, 0.15) is 11.6 Å². The van der Waals surface area contributed by atoms with E-state index in [2.05, 4.69) is 31.8 Å². The van der Waals surface area contributed by atoms with Crippen molar-refractivity contribution in [2.45, 2.75) is 75.4 Å². The molecule has 0 atom stereocenters. The van der Waals surface area contributed by atoms with Crippen LogP contribution in [0.2, 0.25) is 0 Å². The summed E-state index contributed by atoms with van der Waals surface area (Å²) in [4.78, 5) is 15.8. The smallest absolute Gasteiger partial charge is 0.258 e. The molecule has 2 aromatic carbocycles. The highest BCUT2D eigenvalue weighted by Gasteiger charge is 2.41.